The van der Waals surface area contributed by atoms with Crippen molar-refractivity contribution in [3.05, 3.63) is 34.9 Å². The maximum atomic E-state index is 3.75. The van der Waals surface area contributed by atoms with Crippen molar-refractivity contribution in [2.24, 2.45) is 0 Å². The Kier molecular flexibility index (Phi) is 6.44. The summed E-state index contributed by atoms with van der Waals surface area (Å²) in [4.78, 5) is 0. The molecule has 2 heteroatoms. The van der Waals surface area contributed by atoms with E-state index in [4.69, 9.17) is 0 Å². The summed E-state index contributed by atoms with van der Waals surface area (Å²) in [5.41, 5.74) is 4.30. The van der Waals surface area contributed by atoms with E-state index in [0.29, 0.717) is 6.04 Å². The molecule has 0 bridgehead atoms. The van der Waals surface area contributed by atoms with Crippen LogP contribution in [-0.2, 0) is 0 Å². The van der Waals surface area contributed by atoms with E-state index < -0.39 is 0 Å². The van der Waals surface area contributed by atoms with Gasteiger partial charge in [0.05, 0.1) is 0 Å². The first kappa shape index (κ1) is 15.9. The molecule has 1 N–H and O–H groups in total. The first-order valence-corrected chi connectivity index (χ1v) is 9.17. The summed E-state index contributed by atoms with van der Waals surface area (Å²) in [6, 6.07) is 7.41. The molecule has 0 spiro atoms. The van der Waals surface area contributed by atoms with Crippen LogP contribution in [0.15, 0.2) is 18.2 Å². The van der Waals surface area contributed by atoms with Crippen LogP contribution in [0.1, 0.15) is 61.8 Å². The summed E-state index contributed by atoms with van der Waals surface area (Å²) in [6.07, 6.45) is 6.94. The van der Waals surface area contributed by atoms with Gasteiger partial charge in [-0.3, -0.25) is 0 Å². The summed E-state index contributed by atoms with van der Waals surface area (Å²) in [5, 5.41) is 4.66. The smallest absolute Gasteiger partial charge is 0.0414 e. The number of rotatable bonds is 7. The van der Waals surface area contributed by atoms with Gasteiger partial charge in [0, 0.05) is 17.0 Å². The lowest BCUT2D eigenvalue weighted by molar-refractivity contribution is 0.574. The van der Waals surface area contributed by atoms with E-state index in [-0.39, 0.29) is 0 Å². The van der Waals surface area contributed by atoms with E-state index in [0.717, 1.165) is 11.8 Å². The Morgan fingerprint density at radius 3 is 2.65 bits per heavy atom. The quantitative estimate of drug-likeness (QED) is 0.757. The van der Waals surface area contributed by atoms with Crippen molar-refractivity contribution in [1.29, 1.82) is 0 Å². The van der Waals surface area contributed by atoms with Crippen LogP contribution in [0.3, 0.4) is 0 Å². The molecular formula is C18H29NS. The van der Waals surface area contributed by atoms with E-state index in [1.165, 1.54) is 54.5 Å². The average molecular weight is 292 g/mol. The number of nitrogens with one attached hydrogen (secondary N) is 1. The third-order valence-corrected chi connectivity index (χ3v) is 5.71. The monoisotopic (exact) mass is 291 g/mol. The first-order chi connectivity index (χ1) is 9.70. The molecule has 1 saturated carbocycles. The molecule has 1 fully saturated rings. The largest absolute Gasteiger partial charge is 0.309 e. The van der Waals surface area contributed by atoms with Crippen LogP contribution in [0.25, 0.3) is 0 Å². The zero-order chi connectivity index (χ0) is 14.4. The van der Waals surface area contributed by atoms with E-state index in [9.17, 15) is 0 Å². The maximum absolute atomic E-state index is 3.75. The minimum absolute atomic E-state index is 0.515. The van der Waals surface area contributed by atoms with Crippen LogP contribution in [-0.4, -0.2) is 17.5 Å². The van der Waals surface area contributed by atoms with Gasteiger partial charge in [-0.25, -0.2) is 0 Å². The lowest BCUT2D eigenvalue weighted by Gasteiger charge is -2.22. The Bertz CT molecular complexity index is 410. The number of hydrogen-bond donors (Lipinski definition) is 1. The third kappa shape index (κ3) is 4.53. The van der Waals surface area contributed by atoms with Gasteiger partial charge < -0.3 is 5.32 Å². The highest BCUT2D eigenvalue weighted by Gasteiger charge is 2.19. The molecule has 2 rings (SSSR count). The molecule has 1 aromatic carbocycles. The molecule has 1 aromatic rings. The molecule has 0 aliphatic heterocycles. The lowest BCUT2D eigenvalue weighted by atomic mass is 10.00. The second-order valence-corrected chi connectivity index (χ2v) is 7.44. The molecule has 0 heterocycles. The molecule has 20 heavy (non-hydrogen) atoms. The minimum Gasteiger partial charge on any atom is -0.309 e. The molecule has 1 nitrogen and oxygen atoms in total. The molecule has 0 amide bonds. The van der Waals surface area contributed by atoms with Gasteiger partial charge in [-0.05, 0) is 50.8 Å². The van der Waals surface area contributed by atoms with Crippen molar-refractivity contribution in [3.63, 3.8) is 0 Å². The number of thioether (sulfide) groups is 1. The molecule has 0 saturated heterocycles. The zero-order valence-corrected chi connectivity index (χ0v) is 14.1. The highest BCUT2D eigenvalue weighted by Crippen LogP contribution is 2.32. The van der Waals surface area contributed by atoms with E-state index in [1.54, 1.807) is 0 Å². The Hall–Kier alpha value is -0.470. The molecule has 0 radical (unpaired) electrons. The second kappa shape index (κ2) is 8.09. The van der Waals surface area contributed by atoms with Gasteiger partial charge in [0.1, 0.15) is 0 Å². The predicted octanol–water partition coefficient (Wildman–Crippen LogP) is 5.02. The van der Waals surface area contributed by atoms with Gasteiger partial charge in [0.2, 0.25) is 0 Å². The van der Waals surface area contributed by atoms with Crippen LogP contribution >= 0.6 is 11.8 Å². The Balaban J connectivity index is 2.01. The van der Waals surface area contributed by atoms with Crippen molar-refractivity contribution < 1.29 is 0 Å². The van der Waals surface area contributed by atoms with Gasteiger partial charge in [-0.2, -0.15) is 11.8 Å². The van der Waals surface area contributed by atoms with Gasteiger partial charge in [-0.15, -0.1) is 0 Å². The number of benzene rings is 1. The van der Waals surface area contributed by atoms with Gasteiger partial charge in [-0.1, -0.05) is 43.5 Å². The molecule has 1 aliphatic carbocycles. The Morgan fingerprint density at radius 1 is 1.25 bits per heavy atom. The molecule has 112 valence electrons. The van der Waals surface area contributed by atoms with E-state index in [1.807, 2.05) is 0 Å². The standard InChI is InChI=1S/C18H29NS/c1-4-11-19-18(13-20-16-7-5-6-8-16)17-10-9-14(2)12-15(17)3/h9-10,12,16,18-19H,4-8,11,13H2,1-3H3. The average Bonchev–Trinajstić information content (AvgIpc) is 2.93. The fourth-order valence-electron chi connectivity index (χ4n) is 3.08. The second-order valence-electron chi connectivity index (χ2n) is 6.11. The van der Waals surface area contributed by atoms with Crippen molar-refractivity contribution >= 4 is 11.8 Å². The highest BCUT2D eigenvalue weighted by molar-refractivity contribution is 7.99. The molecular weight excluding hydrogens is 262 g/mol. The van der Waals surface area contributed by atoms with E-state index in [2.05, 4.69) is 56.0 Å². The lowest BCUT2D eigenvalue weighted by Crippen LogP contribution is -2.25. The maximum Gasteiger partial charge on any atom is 0.0414 e. The molecule has 0 aromatic heterocycles. The first-order valence-electron chi connectivity index (χ1n) is 8.13. The fraction of sp³-hybridized carbons (Fsp3) is 0.667. The summed E-state index contributed by atoms with van der Waals surface area (Å²) in [6.45, 7) is 7.79. The number of aryl methyl sites for hydroxylation is 2. The zero-order valence-electron chi connectivity index (χ0n) is 13.2. The fourth-order valence-corrected chi connectivity index (χ4v) is 4.51. The molecule has 1 atom stereocenters. The van der Waals surface area contributed by atoms with Crippen LogP contribution in [0, 0.1) is 13.8 Å². The van der Waals surface area contributed by atoms with Gasteiger partial charge in [0.25, 0.3) is 0 Å². The van der Waals surface area contributed by atoms with Crippen LogP contribution in [0.5, 0.6) is 0 Å². The van der Waals surface area contributed by atoms with Gasteiger partial charge in [0.15, 0.2) is 0 Å². The topological polar surface area (TPSA) is 12.0 Å². The highest BCUT2D eigenvalue weighted by atomic mass is 32.2. The molecule has 1 unspecified atom stereocenters. The van der Waals surface area contributed by atoms with E-state index >= 15 is 0 Å². The van der Waals surface area contributed by atoms with Crippen LogP contribution < -0.4 is 5.32 Å². The SMILES string of the molecule is CCCNC(CSC1CCCC1)c1ccc(C)cc1C. The Labute approximate surface area is 128 Å². The number of hydrogen-bond acceptors (Lipinski definition) is 2. The normalized spacial score (nSPS) is 17.6. The third-order valence-electron chi connectivity index (χ3n) is 4.24. The Morgan fingerprint density at radius 2 is 2.00 bits per heavy atom. The summed E-state index contributed by atoms with van der Waals surface area (Å²) in [5.74, 6) is 1.22. The van der Waals surface area contributed by atoms with Crippen molar-refractivity contribution in [2.45, 2.75) is 64.2 Å². The van der Waals surface area contributed by atoms with Crippen molar-refractivity contribution in [3.8, 4) is 0 Å². The summed E-state index contributed by atoms with van der Waals surface area (Å²) < 4.78 is 0. The van der Waals surface area contributed by atoms with Crippen LogP contribution in [0.4, 0.5) is 0 Å². The van der Waals surface area contributed by atoms with Crippen LogP contribution in [0.2, 0.25) is 0 Å². The predicted molar refractivity (Wildman–Crippen MR) is 91.7 cm³/mol. The molecule has 1 aliphatic rings. The summed E-state index contributed by atoms with van der Waals surface area (Å²) >= 11 is 2.19. The van der Waals surface area contributed by atoms with Crippen molar-refractivity contribution in [2.75, 3.05) is 12.3 Å². The van der Waals surface area contributed by atoms with Crippen molar-refractivity contribution in [1.82, 2.24) is 5.32 Å². The summed E-state index contributed by atoms with van der Waals surface area (Å²) in [7, 11) is 0. The van der Waals surface area contributed by atoms with Gasteiger partial charge >= 0.3 is 0 Å². The minimum atomic E-state index is 0.515.